The summed E-state index contributed by atoms with van der Waals surface area (Å²) in [5.74, 6) is 0.768. The summed E-state index contributed by atoms with van der Waals surface area (Å²) in [6.45, 7) is 8.89. The molecule has 0 spiro atoms. The number of hydrogen-bond acceptors (Lipinski definition) is 1. The summed E-state index contributed by atoms with van der Waals surface area (Å²) in [4.78, 5) is 0. The zero-order chi connectivity index (χ0) is 18.0. The lowest BCUT2D eigenvalue weighted by Gasteiger charge is -2.25. The van der Waals surface area contributed by atoms with E-state index in [1.807, 2.05) is 18.2 Å². The lowest BCUT2D eigenvalue weighted by Crippen LogP contribution is -2.19. The Hall–Kier alpha value is -0.790. The van der Waals surface area contributed by atoms with E-state index in [0.717, 1.165) is 35.8 Å². The fourth-order valence-corrected chi connectivity index (χ4v) is 3.38. The highest BCUT2D eigenvalue weighted by Gasteiger charge is 2.20. The van der Waals surface area contributed by atoms with Gasteiger partial charge in [0.05, 0.1) is 6.10 Å². The molecule has 1 nitrogen and oxygen atoms in total. The number of halogens is 1. The van der Waals surface area contributed by atoms with Crippen molar-refractivity contribution in [1.29, 1.82) is 0 Å². The summed E-state index contributed by atoms with van der Waals surface area (Å²) in [6.07, 6.45) is 12.0. The van der Waals surface area contributed by atoms with E-state index in [9.17, 15) is 5.11 Å². The Labute approximate surface area is 154 Å². The zero-order valence-corrected chi connectivity index (χ0v) is 16.6. The summed E-state index contributed by atoms with van der Waals surface area (Å²) in [5, 5.41) is 11.2. The predicted octanol–water partition coefficient (Wildman–Crippen LogP) is 7.13. The smallest absolute Gasteiger partial charge is 0.0548 e. The number of hydrogen-bond donors (Lipinski definition) is 1. The molecular formula is C22H35ClO. The molecular weight excluding hydrogens is 316 g/mol. The lowest BCUT2D eigenvalue weighted by molar-refractivity contribution is 0.113. The third-order valence-corrected chi connectivity index (χ3v) is 5.02. The standard InChI is InChI=1S/C22H35ClO/c1-5-7-9-18(6-2)12-13-21(24)17-22(3,4)15-14-19-10-8-11-20(23)16-19/h8,10-11,14-16,18,21,24H,5-7,9,12-13,17H2,1-4H3/b15-14+. The number of aliphatic hydroxyl groups is 1. The van der Waals surface area contributed by atoms with E-state index < -0.39 is 0 Å². The van der Waals surface area contributed by atoms with Crippen LogP contribution in [0.4, 0.5) is 0 Å². The van der Waals surface area contributed by atoms with Crippen LogP contribution in [0.5, 0.6) is 0 Å². The van der Waals surface area contributed by atoms with Crippen LogP contribution in [0.1, 0.15) is 78.2 Å². The Bertz CT molecular complexity index is 492. The van der Waals surface area contributed by atoms with Gasteiger partial charge in [0.15, 0.2) is 0 Å². The molecule has 0 aromatic heterocycles. The van der Waals surface area contributed by atoms with E-state index >= 15 is 0 Å². The maximum Gasteiger partial charge on any atom is 0.0548 e. The Balaban J connectivity index is 2.47. The van der Waals surface area contributed by atoms with Crippen molar-refractivity contribution in [3.8, 4) is 0 Å². The normalized spacial score (nSPS) is 14.9. The van der Waals surface area contributed by atoms with E-state index in [2.05, 4.69) is 45.9 Å². The fourth-order valence-electron chi connectivity index (χ4n) is 3.18. The van der Waals surface area contributed by atoms with Gasteiger partial charge in [0.2, 0.25) is 0 Å². The van der Waals surface area contributed by atoms with Gasteiger partial charge in [-0.2, -0.15) is 0 Å². The highest BCUT2D eigenvalue weighted by Crippen LogP contribution is 2.29. The number of benzene rings is 1. The average Bonchev–Trinajstić information content (AvgIpc) is 2.53. The second-order valence-corrected chi connectivity index (χ2v) is 8.17. The Morgan fingerprint density at radius 1 is 1.17 bits per heavy atom. The third kappa shape index (κ3) is 8.89. The summed E-state index contributed by atoms with van der Waals surface area (Å²) in [7, 11) is 0. The molecule has 0 heterocycles. The van der Waals surface area contributed by atoms with E-state index in [0.29, 0.717) is 0 Å². The molecule has 0 aliphatic carbocycles. The van der Waals surface area contributed by atoms with Crippen LogP contribution in [0.15, 0.2) is 30.3 Å². The van der Waals surface area contributed by atoms with Crippen molar-refractivity contribution in [1.82, 2.24) is 0 Å². The van der Waals surface area contributed by atoms with Crippen molar-refractivity contribution >= 4 is 17.7 Å². The van der Waals surface area contributed by atoms with Crippen LogP contribution in [0.25, 0.3) is 6.08 Å². The highest BCUT2D eigenvalue weighted by atomic mass is 35.5. The van der Waals surface area contributed by atoms with Crippen LogP contribution in [0, 0.1) is 11.3 Å². The molecule has 2 atom stereocenters. The molecule has 0 aliphatic heterocycles. The molecule has 0 saturated heterocycles. The molecule has 0 aliphatic rings. The van der Waals surface area contributed by atoms with Crippen LogP contribution >= 0.6 is 11.6 Å². The van der Waals surface area contributed by atoms with Gasteiger partial charge in [-0.05, 0) is 48.3 Å². The average molecular weight is 351 g/mol. The second-order valence-electron chi connectivity index (χ2n) is 7.73. The lowest BCUT2D eigenvalue weighted by atomic mass is 9.83. The first-order valence-corrected chi connectivity index (χ1v) is 9.87. The molecule has 2 heteroatoms. The minimum Gasteiger partial charge on any atom is -0.393 e. The minimum atomic E-state index is -0.223. The Morgan fingerprint density at radius 3 is 2.54 bits per heavy atom. The fraction of sp³-hybridized carbons (Fsp3) is 0.636. The van der Waals surface area contributed by atoms with E-state index in [1.165, 1.54) is 25.7 Å². The number of allylic oxidation sites excluding steroid dienone is 1. The van der Waals surface area contributed by atoms with Crippen LogP contribution in [-0.4, -0.2) is 11.2 Å². The van der Waals surface area contributed by atoms with Gasteiger partial charge in [-0.25, -0.2) is 0 Å². The first-order valence-electron chi connectivity index (χ1n) is 9.49. The molecule has 0 saturated carbocycles. The molecule has 2 unspecified atom stereocenters. The molecule has 1 N–H and O–H groups in total. The zero-order valence-electron chi connectivity index (χ0n) is 15.9. The molecule has 0 fully saturated rings. The summed E-state index contributed by atoms with van der Waals surface area (Å²) < 4.78 is 0. The van der Waals surface area contributed by atoms with Crippen LogP contribution in [0.3, 0.4) is 0 Å². The van der Waals surface area contributed by atoms with E-state index in [1.54, 1.807) is 0 Å². The molecule has 1 rings (SSSR count). The van der Waals surface area contributed by atoms with Gasteiger partial charge in [-0.15, -0.1) is 0 Å². The van der Waals surface area contributed by atoms with E-state index in [4.69, 9.17) is 11.6 Å². The SMILES string of the molecule is CCCCC(CC)CCC(O)CC(C)(C)/C=C/c1cccc(Cl)c1. The molecule has 136 valence electrons. The van der Waals surface area contributed by atoms with Crippen molar-refractivity contribution in [3.05, 3.63) is 40.9 Å². The van der Waals surface area contributed by atoms with Crippen molar-refractivity contribution in [2.75, 3.05) is 0 Å². The van der Waals surface area contributed by atoms with Crippen LogP contribution in [-0.2, 0) is 0 Å². The maximum absolute atomic E-state index is 10.4. The molecule has 1 aromatic carbocycles. The van der Waals surface area contributed by atoms with Crippen molar-refractivity contribution < 1.29 is 5.11 Å². The Morgan fingerprint density at radius 2 is 1.92 bits per heavy atom. The molecule has 1 aromatic rings. The predicted molar refractivity (Wildman–Crippen MR) is 107 cm³/mol. The minimum absolute atomic E-state index is 0.0210. The van der Waals surface area contributed by atoms with Gasteiger partial charge in [-0.3, -0.25) is 0 Å². The number of aliphatic hydroxyl groups excluding tert-OH is 1. The highest BCUT2D eigenvalue weighted by molar-refractivity contribution is 6.30. The topological polar surface area (TPSA) is 20.2 Å². The van der Waals surface area contributed by atoms with Crippen molar-refractivity contribution in [2.45, 2.75) is 78.7 Å². The monoisotopic (exact) mass is 350 g/mol. The van der Waals surface area contributed by atoms with Crippen molar-refractivity contribution in [3.63, 3.8) is 0 Å². The van der Waals surface area contributed by atoms with E-state index in [-0.39, 0.29) is 11.5 Å². The first kappa shape index (κ1) is 21.3. The van der Waals surface area contributed by atoms with Gasteiger partial charge in [0, 0.05) is 5.02 Å². The van der Waals surface area contributed by atoms with Crippen LogP contribution < -0.4 is 0 Å². The second kappa shape index (κ2) is 10.9. The van der Waals surface area contributed by atoms with Gasteiger partial charge in [-0.1, -0.05) is 89.3 Å². The van der Waals surface area contributed by atoms with Crippen LogP contribution in [0.2, 0.25) is 5.02 Å². The molecule has 24 heavy (non-hydrogen) atoms. The molecule has 0 radical (unpaired) electrons. The maximum atomic E-state index is 10.4. The summed E-state index contributed by atoms with van der Waals surface area (Å²) >= 11 is 6.03. The van der Waals surface area contributed by atoms with Gasteiger partial charge in [0.1, 0.15) is 0 Å². The van der Waals surface area contributed by atoms with Gasteiger partial charge < -0.3 is 5.11 Å². The molecule has 0 bridgehead atoms. The van der Waals surface area contributed by atoms with Gasteiger partial charge in [0.25, 0.3) is 0 Å². The van der Waals surface area contributed by atoms with Gasteiger partial charge >= 0.3 is 0 Å². The summed E-state index contributed by atoms with van der Waals surface area (Å²) in [5.41, 5.74) is 1.09. The molecule has 0 amide bonds. The largest absolute Gasteiger partial charge is 0.393 e. The first-order chi connectivity index (χ1) is 11.4. The third-order valence-electron chi connectivity index (χ3n) is 4.79. The number of unbranched alkanes of at least 4 members (excludes halogenated alkanes) is 1. The quantitative estimate of drug-likeness (QED) is 0.450. The summed E-state index contributed by atoms with van der Waals surface area (Å²) in [6, 6.07) is 7.86. The Kier molecular flexibility index (Phi) is 9.69. The van der Waals surface area contributed by atoms with Crippen molar-refractivity contribution in [2.24, 2.45) is 11.3 Å². The number of rotatable bonds is 11.